The minimum absolute atomic E-state index is 0.0523. The van der Waals surface area contributed by atoms with Gasteiger partial charge in [-0.1, -0.05) is 6.07 Å². The van der Waals surface area contributed by atoms with Crippen LogP contribution in [0.15, 0.2) is 54.2 Å². The highest BCUT2D eigenvalue weighted by Crippen LogP contribution is 2.38. The molecule has 0 saturated carbocycles. The van der Waals surface area contributed by atoms with Crippen LogP contribution in [0, 0.1) is 0 Å². The molecule has 29 heavy (non-hydrogen) atoms. The van der Waals surface area contributed by atoms with Crippen LogP contribution in [0.2, 0.25) is 0 Å². The summed E-state index contributed by atoms with van der Waals surface area (Å²) in [5.41, 5.74) is 0.761. The Bertz CT molecular complexity index is 893. The van der Waals surface area contributed by atoms with Crippen LogP contribution in [-0.2, 0) is 4.79 Å². The van der Waals surface area contributed by atoms with Crippen LogP contribution in [-0.4, -0.2) is 43.6 Å². The molecule has 0 spiro atoms. The predicted molar refractivity (Wildman–Crippen MR) is 113 cm³/mol. The zero-order chi connectivity index (χ0) is 20.6. The third-order valence-electron chi connectivity index (χ3n) is 4.30. The summed E-state index contributed by atoms with van der Waals surface area (Å²) >= 11 is 1.63. The molecule has 1 atom stereocenters. The van der Waals surface area contributed by atoms with Crippen LogP contribution in [0.1, 0.15) is 16.5 Å². The van der Waals surface area contributed by atoms with Gasteiger partial charge in [0.1, 0.15) is 6.04 Å². The van der Waals surface area contributed by atoms with Crippen LogP contribution in [0.25, 0.3) is 6.08 Å². The largest absolute Gasteiger partial charge is 0.493 e. The molecular formula is C21H23N3O4S. The molecule has 0 saturated heterocycles. The number of nitrogens with one attached hydrogen (secondary N) is 1. The SMILES string of the molecule is COc1cc(/C=C/C(=O)NCC(c2cccs2)n2cccn2)cc(OC)c1OC. The van der Waals surface area contributed by atoms with Crippen molar-refractivity contribution in [3.63, 3.8) is 0 Å². The molecular weight excluding hydrogens is 390 g/mol. The van der Waals surface area contributed by atoms with Crippen LogP contribution in [0.4, 0.5) is 0 Å². The minimum atomic E-state index is -0.201. The van der Waals surface area contributed by atoms with Gasteiger partial charge in [-0.05, 0) is 41.3 Å². The van der Waals surface area contributed by atoms with Crippen molar-refractivity contribution in [2.75, 3.05) is 27.9 Å². The van der Waals surface area contributed by atoms with E-state index >= 15 is 0 Å². The first-order valence-corrected chi connectivity index (χ1v) is 9.82. The van der Waals surface area contributed by atoms with E-state index in [0.29, 0.717) is 23.8 Å². The van der Waals surface area contributed by atoms with E-state index < -0.39 is 0 Å². The van der Waals surface area contributed by atoms with Crippen molar-refractivity contribution >= 4 is 23.3 Å². The first-order valence-electron chi connectivity index (χ1n) is 8.94. The normalized spacial score (nSPS) is 12.0. The van der Waals surface area contributed by atoms with Crippen molar-refractivity contribution in [3.05, 3.63) is 64.6 Å². The smallest absolute Gasteiger partial charge is 0.244 e. The summed E-state index contributed by atoms with van der Waals surface area (Å²) in [4.78, 5) is 13.5. The molecule has 152 valence electrons. The lowest BCUT2D eigenvalue weighted by atomic mass is 10.1. The molecule has 1 N–H and O–H groups in total. The number of carbonyl (C=O) groups is 1. The average Bonchev–Trinajstić information content (AvgIpc) is 3.46. The van der Waals surface area contributed by atoms with Gasteiger partial charge in [-0.15, -0.1) is 11.3 Å². The van der Waals surface area contributed by atoms with E-state index in [4.69, 9.17) is 14.2 Å². The van der Waals surface area contributed by atoms with Crippen molar-refractivity contribution < 1.29 is 19.0 Å². The van der Waals surface area contributed by atoms with Gasteiger partial charge >= 0.3 is 0 Å². The van der Waals surface area contributed by atoms with E-state index in [2.05, 4.69) is 10.4 Å². The molecule has 8 heteroatoms. The topological polar surface area (TPSA) is 74.6 Å². The maximum atomic E-state index is 12.4. The molecule has 7 nitrogen and oxygen atoms in total. The Labute approximate surface area is 173 Å². The summed E-state index contributed by atoms with van der Waals surface area (Å²) in [6.07, 6.45) is 6.80. The molecule has 2 aromatic heterocycles. The van der Waals surface area contributed by atoms with Gasteiger partial charge in [0.15, 0.2) is 11.5 Å². The van der Waals surface area contributed by atoms with E-state index in [-0.39, 0.29) is 11.9 Å². The maximum absolute atomic E-state index is 12.4. The second-order valence-corrected chi connectivity index (χ2v) is 7.03. The standard InChI is InChI=1S/C21H23N3O4S/c1-26-17-12-15(13-18(27-2)21(17)28-3)7-8-20(25)22-14-16(19-6-4-11-29-19)24-10-5-9-23-24/h4-13,16H,14H2,1-3H3,(H,22,25)/b8-7+. The number of thiophene rings is 1. The molecule has 0 aliphatic heterocycles. The Morgan fingerprint density at radius 1 is 1.21 bits per heavy atom. The van der Waals surface area contributed by atoms with Gasteiger partial charge in [0.25, 0.3) is 0 Å². The first kappa shape index (κ1) is 20.5. The van der Waals surface area contributed by atoms with Crippen molar-refractivity contribution in [2.24, 2.45) is 0 Å². The second kappa shape index (κ2) is 9.79. The molecule has 2 heterocycles. The van der Waals surface area contributed by atoms with Crippen LogP contribution < -0.4 is 19.5 Å². The third kappa shape index (κ3) is 4.97. The lowest BCUT2D eigenvalue weighted by Gasteiger charge is -2.16. The lowest BCUT2D eigenvalue weighted by molar-refractivity contribution is -0.116. The molecule has 1 aromatic carbocycles. The zero-order valence-electron chi connectivity index (χ0n) is 16.5. The number of amides is 1. The lowest BCUT2D eigenvalue weighted by Crippen LogP contribution is -2.30. The number of hydrogen-bond acceptors (Lipinski definition) is 6. The van der Waals surface area contributed by atoms with E-state index in [1.165, 1.54) is 6.08 Å². The van der Waals surface area contributed by atoms with Gasteiger partial charge in [0.2, 0.25) is 11.7 Å². The van der Waals surface area contributed by atoms with Crippen LogP contribution >= 0.6 is 11.3 Å². The Kier molecular flexibility index (Phi) is 6.91. The quantitative estimate of drug-likeness (QED) is 0.545. The van der Waals surface area contributed by atoms with E-state index in [0.717, 1.165) is 10.4 Å². The maximum Gasteiger partial charge on any atom is 0.244 e. The molecule has 0 fully saturated rings. The molecule has 1 amide bonds. The second-order valence-electron chi connectivity index (χ2n) is 6.05. The van der Waals surface area contributed by atoms with Gasteiger partial charge in [0.05, 0.1) is 21.3 Å². The van der Waals surface area contributed by atoms with Crippen LogP contribution in [0.5, 0.6) is 17.2 Å². The highest BCUT2D eigenvalue weighted by atomic mass is 32.1. The van der Waals surface area contributed by atoms with Gasteiger partial charge in [0, 0.05) is 29.9 Å². The molecule has 0 aliphatic carbocycles. The number of aromatic nitrogens is 2. The number of carbonyl (C=O) groups excluding carboxylic acids is 1. The fourth-order valence-electron chi connectivity index (χ4n) is 2.90. The van der Waals surface area contributed by atoms with Crippen molar-refractivity contribution in [3.8, 4) is 17.2 Å². The highest BCUT2D eigenvalue weighted by Gasteiger charge is 2.16. The molecule has 0 aliphatic rings. The summed E-state index contributed by atoms with van der Waals surface area (Å²) in [6, 6.07) is 9.40. The Morgan fingerprint density at radius 3 is 2.52 bits per heavy atom. The number of nitrogens with zero attached hydrogens (tertiary/aromatic N) is 2. The number of benzene rings is 1. The summed E-state index contributed by atoms with van der Waals surface area (Å²) < 4.78 is 17.8. The predicted octanol–water partition coefficient (Wildman–Crippen LogP) is 3.39. The average molecular weight is 413 g/mol. The minimum Gasteiger partial charge on any atom is -0.493 e. The fraction of sp³-hybridized carbons (Fsp3) is 0.238. The number of ether oxygens (including phenoxy) is 3. The Hall–Kier alpha value is -3.26. The summed E-state index contributed by atoms with van der Waals surface area (Å²) in [6.45, 7) is 0.431. The fourth-order valence-corrected chi connectivity index (χ4v) is 3.72. The van der Waals surface area contributed by atoms with Crippen molar-refractivity contribution in [1.82, 2.24) is 15.1 Å². The molecule has 3 rings (SSSR count). The summed E-state index contributed by atoms with van der Waals surface area (Å²) in [7, 11) is 4.65. The number of methoxy groups -OCH3 is 3. The van der Waals surface area contributed by atoms with E-state index in [9.17, 15) is 4.79 Å². The van der Waals surface area contributed by atoms with Gasteiger partial charge in [-0.3, -0.25) is 9.48 Å². The summed E-state index contributed by atoms with van der Waals surface area (Å²) in [5, 5.41) is 9.27. The van der Waals surface area contributed by atoms with Crippen LogP contribution in [0.3, 0.4) is 0 Å². The van der Waals surface area contributed by atoms with Crippen molar-refractivity contribution in [1.29, 1.82) is 0 Å². The van der Waals surface area contributed by atoms with E-state index in [1.54, 1.807) is 57.1 Å². The highest BCUT2D eigenvalue weighted by molar-refractivity contribution is 7.10. The Morgan fingerprint density at radius 2 is 1.97 bits per heavy atom. The van der Waals surface area contributed by atoms with Gasteiger partial charge in [-0.25, -0.2) is 0 Å². The molecule has 3 aromatic rings. The zero-order valence-corrected chi connectivity index (χ0v) is 17.3. The molecule has 1 unspecified atom stereocenters. The number of hydrogen-bond donors (Lipinski definition) is 1. The van der Waals surface area contributed by atoms with E-state index in [1.807, 2.05) is 34.5 Å². The summed E-state index contributed by atoms with van der Waals surface area (Å²) in [5.74, 6) is 1.37. The first-order chi connectivity index (χ1) is 14.2. The monoisotopic (exact) mass is 413 g/mol. The number of rotatable bonds is 9. The van der Waals surface area contributed by atoms with Crippen molar-refractivity contribution in [2.45, 2.75) is 6.04 Å². The van der Waals surface area contributed by atoms with Gasteiger partial charge < -0.3 is 19.5 Å². The Balaban J connectivity index is 1.69. The molecule has 0 radical (unpaired) electrons. The van der Waals surface area contributed by atoms with Gasteiger partial charge in [-0.2, -0.15) is 5.10 Å². The molecule has 0 bridgehead atoms. The third-order valence-corrected chi connectivity index (χ3v) is 5.27.